The molecular formula is C7H10N2OS2. The zero-order valence-electron chi connectivity index (χ0n) is 6.56. The number of likely N-dealkylation sites (tertiary alicyclic amines) is 1. The molecule has 2 aliphatic rings. The van der Waals surface area contributed by atoms with Crippen LogP contribution in [0.4, 0.5) is 0 Å². The average Bonchev–Trinajstić information content (AvgIpc) is 2.58. The van der Waals surface area contributed by atoms with E-state index in [0.717, 1.165) is 24.0 Å². The van der Waals surface area contributed by atoms with Crippen molar-refractivity contribution in [1.82, 2.24) is 4.90 Å². The molecule has 1 atom stereocenters. The lowest BCUT2D eigenvalue weighted by molar-refractivity contribution is -0.124. The third-order valence-electron chi connectivity index (χ3n) is 1.91. The number of rotatable bonds is 0. The zero-order chi connectivity index (χ0) is 8.55. The van der Waals surface area contributed by atoms with E-state index in [2.05, 4.69) is 17.6 Å². The van der Waals surface area contributed by atoms with Crippen LogP contribution in [0.25, 0.3) is 0 Å². The number of carbonyl (C=O) groups is 1. The first-order valence-corrected chi connectivity index (χ1v) is 5.43. The molecule has 2 heterocycles. The minimum absolute atomic E-state index is 0.170. The predicted molar refractivity (Wildman–Crippen MR) is 53.9 cm³/mol. The average molecular weight is 202 g/mol. The van der Waals surface area contributed by atoms with Gasteiger partial charge >= 0.3 is 0 Å². The van der Waals surface area contributed by atoms with Crippen LogP contribution in [0.2, 0.25) is 0 Å². The molecule has 3 nitrogen and oxygen atoms in total. The molecule has 0 spiro atoms. The Labute approximate surface area is 81.0 Å². The van der Waals surface area contributed by atoms with E-state index in [0.29, 0.717) is 6.42 Å². The number of aliphatic imine (C=N–C) groups is 1. The molecule has 0 N–H and O–H groups in total. The summed E-state index contributed by atoms with van der Waals surface area (Å²) in [7, 11) is 0. The lowest BCUT2D eigenvalue weighted by atomic mass is 10.4. The van der Waals surface area contributed by atoms with Gasteiger partial charge < -0.3 is 0 Å². The SMILES string of the molecule is O=C1CC(S)CN1C1=NCCS1. The molecule has 2 rings (SSSR count). The van der Waals surface area contributed by atoms with Gasteiger partial charge in [0.05, 0.1) is 6.54 Å². The highest BCUT2D eigenvalue weighted by molar-refractivity contribution is 8.14. The second-order valence-electron chi connectivity index (χ2n) is 2.88. The molecule has 0 saturated carbocycles. The van der Waals surface area contributed by atoms with Crippen LogP contribution in [0.15, 0.2) is 4.99 Å². The van der Waals surface area contributed by atoms with Crippen LogP contribution in [-0.2, 0) is 4.79 Å². The molecule has 5 heteroatoms. The van der Waals surface area contributed by atoms with Crippen molar-refractivity contribution in [2.45, 2.75) is 11.7 Å². The van der Waals surface area contributed by atoms with E-state index in [9.17, 15) is 4.79 Å². The Morgan fingerprint density at radius 3 is 3.00 bits per heavy atom. The molecule has 0 bridgehead atoms. The highest BCUT2D eigenvalue weighted by Gasteiger charge is 2.31. The quantitative estimate of drug-likeness (QED) is 0.584. The van der Waals surface area contributed by atoms with E-state index in [4.69, 9.17) is 0 Å². The van der Waals surface area contributed by atoms with Gasteiger partial charge in [-0.3, -0.25) is 14.7 Å². The molecule has 1 amide bonds. The van der Waals surface area contributed by atoms with E-state index >= 15 is 0 Å². The first kappa shape index (κ1) is 8.44. The number of amides is 1. The molecule has 1 unspecified atom stereocenters. The van der Waals surface area contributed by atoms with Crippen molar-refractivity contribution in [3.63, 3.8) is 0 Å². The lowest BCUT2D eigenvalue weighted by Gasteiger charge is -2.13. The predicted octanol–water partition coefficient (Wildman–Crippen LogP) is 0.620. The van der Waals surface area contributed by atoms with Crippen molar-refractivity contribution < 1.29 is 4.79 Å². The van der Waals surface area contributed by atoms with Gasteiger partial charge in [0, 0.05) is 24.0 Å². The molecular weight excluding hydrogens is 192 g/mol. The smallest absolute Gasteiger partial charge is 0.229 e. The number of amidine groups is 1. The zero-order valence-corrected chi connectivity index (χ0v) is 8.27. The van der Waals surface area contributed by atoms with E-state index in [1.165, 1.54) is 0 Å². The normalized spacial score (nSPS) is 29.8. The summed E-state index contributed by atoms with van der Waals surface area (Å²) in [5.41, 5.74) is 0. The number of carbonyl (C=O) groups excluding carboxylic acids is 1. The standard InChI is InChI=1S/C7H10N2OS2/c10-6-3-5(11)4-9(6)7-8-1-2-12-7/h5,11H,1-4H2. The van der Waals surface area contributed by atoms with E-state index in [1.807, 2.05) is 0 Å². The Bertz CT molecular complexity index is 242. The summed E-state index contributed by atoms with van der Waals surface area (Å²) in [4.78, 5) is 17.4. The molecule has 0 radical (unpaired) electrons. The summed E-state index contributed by atoms with van der Waals surface area (Å²) >= 11 is 5.94. The first-order chi connectivity index (χ1) is 5.77. The van der Waals surface area contributed by atoms with Gasteiger partial charge in [-0.05, 0) is 0 Å². The van der Waals surface area contributed by atoms with Gasteiger partial charge in [0.1, 0.15) is 0 Å². The number of hydrogen-bond donors (Lipinski definition) is 1. The maximum atomic E-state index is 11.4. The highest BCUT2D eigenvalue weighted by Crippen LogP contribution is 2.23. The number of thioether (sulfide) groups is 1. The monoisotopic (exact) mass is 202 g/mol. The van der Waals surface area contributed by atoms with E-state index in [1.54, 1.807) is 16.7 Å². The van der Waals surface area contributed by atoms with Crippen LogP contribution in [0, 0.1) is 0 Å². The second kappa shape index (κ2) is 3.30. The molecule has 0 aromatic carbocycles. The van der Waals surface area contributed by atoms with Gasteiger partial charge in [0.2, 0.25) is 5.91 Å². The van der Waals surface area contributed by atoms with Crippen LogP contribution in [0.1, 0.15) is 6.42 Å². The molecule has 1 saturated heterocycles. The van der Waals surface area contributed by atoms with Crippen LogP contribution < -0.4 is 0 Å². The molecule has 0 aliphatic carbocycles. The fourth-order valence-electron chi connectivity index (χ4n) is 1.36. The van der Waals surface area contributed by atoms with Gasteiger partial charge in [-0.15, -0.1) is 0 Å². The number of nitrogens with zero attached hydrogens (tertiary/aromatic N) is 2. The third-order valence-corrected chi connectivity index (χ3v) is 3.25. The summed E-state index contributed by atoms with van der Waals surface area (Å²) in [5, 5.41) is 1.10. The van der Waals surface area contributed by atoms with Crippen molar-refractivity contribution >= 4 is 35.5 Å². The topological polar surface area (TPSA) is 32.7 Å². The maximum Gasteiger partial charge on any atom is 0.229 e. The molecule has 1 fully saturated rings. The number of hydrogen-bond acceptors (Lipinski definition) is 4. The lowest BCUT2D eigenvalue weighted by Crippen LogP contribution is -2.29. The minimum atomic E-state index is 0.170. The summed E-state index contributed by atoms with van der Waals surface area (Å²) in [6.07, 6.45) is 0.558. The Hall–Kier alpha value is -0.160. The summed E-state index contributed by atoms with van der Waals surface area (Å²) in [6, 6.07) is 0. The van der Waals surface area contributed by atoms with Gasteiger partial charge in [-0.25, -0.2) is 0 Å². The summed E-state index contributed by atoms with van der Waals surface area (Å²) in [6.45, 7) is 1.58. The summed E-state index contributed by atoms with van der Waals surface area (Å²) in [5.74, 6) is 1.18. The Morgan fingerprint density at radius 2 is 2.50 bits per heavy atom. The van der Waals surface area contributed by atoms with Gasteiger partial charge in [-0.2, -0.15) is 12.6 Å². The van der Waals surface area contributed by atoms with Crippen LogP contribution in [0.5, 0.6) is 0 Å². The van der Waals surface area contributed by atoms with E-state index < -0.39 is 0 Å². The van der Waals surface area contributed by atoms with Crippen LogP contribution in [0.3, 0.4) is 0 Å². The van der Waals surface area contributed by atoms with Crippen molar-refractivity contribution in [3.05, 3.63) is 0 Å². The molecule has 12 heavy (non-hydrogen) atoms. The second-order valence-corrected chi connectivity index (χ2v) is 4.67. The van der Waals surface area contributed by atoms with Crippen LogP contribution >= 0.6 is 24.4 Å². The van der Waals surface area contributed by atoms with Crippen molar-refractivity contribution in [2.24, 2.45) is 4.99 Å². The highest BCUT2D eigenvalue weighted by atomic mass is 32.2. The first-order valence-electron chi connectivity index (χ1n) is 3.93. The van der Waals surface area contributed by atoms with Gasteiger partial charge in [0.25, 0.3) is 0 Å². The molecule has 0 aromatic rings. The van der Waals surface area contributed by atoms with Crippen molar-refractivity contribution in [3.8, 4) is 0 Å². The molecule has 2 aliphatic heterocycles. The van der Waals surface area contributed by atoms with E-state index in [-0.39, 0.29) is 11.2 Å². The third kappa shape index (κ3) is 1.47. The maximum absolute atomic E-state index is 11.4. The fraction of sp³-hybridized carbons (Fsp3) is 0.714. The van der Waals surface area contributed by atoms with Gasteiger partial charge in [0.15, 0.2) is 5.17 Å². The Kier molecular flexibility index (Phi) is 2.32. The molecule has 0 aromatic heterocycles. The number of thiol groups is 1. The molecule has 66 valence electrons. The Morgan fingerprint density at radius 1 is 1.67 bits per heavy atom. The Balaban J connectivity index is 2.08. The van der Waals surface area contributed by atoms with Crippen molar-refractivity contribution in [2.75, 3.05) is 18.8 Å². The summed E-state index contributed by atoms with van der Waals surface area (Å²) < 4.78 is 0. The largest absolute Gasteiger partial charge is 0.290 e. The fourth-order valence-corrected chi connectivity index (χ4v) is 2.56. The van der Waals surface area contributed by atoms with Gasteiger partial charge in [-0.1, -0.05) is 11.8 Å². The van der Waals surface area contributed by atoms with Crippen molar-refractivity contribution in [1.29, 1.82) is 0 Å². The minimum Gasteiger partial charge on any atom is -0.290 e. The van der Waals surface area contributed by atoms with Crippen LogP contribution in [-0.4, -0.2) is 40.1 Å².